The summed E-state index contributed by atoms with van der Waals surface area (Å²) in [5.41, 5.74) is 5.24. The summed E-state index contributed by atoms with van der Waals surface area (Å²) in [4.78, 5) is 15.3. The van der Waals surface area contributed by atoms with Crippen LogP contribution in [-0.4, -0.2) is 55.0 Å². The van der Waals surface area contributed by atoms with Crippen molar-refractivity contribution in [3.63, 3.8) is 0 Å². The van der Waals surface area contributed by atoms with Crippen molar-refractivity contribution in [3.8, 4) is 0 Å². The summed E-state index contributed by atoms with van der Waals surface area (Å²) in [6.45, 7) is 4.01. The molecule has 0 aromatic heterocycles. The third-order valence-electron chi connectivity index (χ3n) is 2.97. The molecule has 13 heavy (non-hydrogen) atoms. The van der Waals surface area contributed by atoms with Crippen molar-refractivity contribution in [3.05, 3.63) is 0 Å². The summed E-state index contributed by atoms with van der Waals surface area (Å²) in [5, 5.41) is 0. The van der Waals surface area contributed by atoms with Crippen LogP contribution in [-0.2, 0) is 4.79 Å². The Hall–Kier alpha value is -0.610. The van der Waals surface area contributed by atoms with Gasteiger partial charge < -0.3 is 10.6 Å². The average molecular weight is 185 g/mol. The van der Waals surface area contributed by atoms with Gasteiger partial charge in [-0.3, -0.25) is 9.69 Å². The van der Waals surface area contributed by atoms with Crippen LogP contribution >= 0.6 is 0 Å². The molecule has 4 heteroatoms. The van der Waals surface area contributed by atoms with Gasteiger partial charge in [-0.1, -0.05) is 0 Å². The lowest BCUT2D eigenvalue weighted by molar-refractivity contribution is -0.122. The highest BCUT2D eigenvalue weighted by molar-refractivity contribution is 5.79. The van der Waals surface area contributed by atoms with Gasteiger partial charge in [0.15, 0.2) is 0 Å². The molecule has 4 nitrogen and oxygen atoms in total. The van der Waals surface area contributed by atoms with Crippen molar-refractivity contribution in [2.45, 2.75) is 25.4 Å². The topological polar surface area (TPSA) is 49.6 Å². The molecule has 1 fully saturated rings. The van der Waals surface area contributed by atoms with Crippen molar-refractivity contribution in [2.24, 2.45) is 5.73 Å². The number of carbonyl (C=O) groups excluding carboxylic acids is 1. The number of likely N-dealkylation sites (tertiary alicyclic amines) is 1. The van der Waals surface area contributed by atoms with E-state index >= 15 is 0 Å². The Morgan fingerprint density at radius 1 is 1.69 bits per heavy atom. The van der Waals surface area contributed by atoms with Gasteiger partial charge in [0, 0.05) is 12.6 Å². The summed E-state index contributed by atoms with van der Waals surface area (Å²) < 4.78 is 0. The third kappa shape index (κ3) is 2.42. The second kappa shape index (κ2) is 4.07. The van der Waals surface area contributed by atoms with E-state index in [1.165, 1.54) is 0 Å². The fourth-order valence-corrected chi connectivity index (χ4v) is 1.76. The van der Waals surface area contributed by atoms with E-state index in [1.807, 2.05) is 14.0 Å². The van der Waals surface area contributed by atoms with E-state index in [0.717, 1.165) is 19.5 Å². The Kier molecular flexibility index (Phi) is 3.27. The molecular weight excluding hydrogens is 166 g/mol. The number of nitrogens with two attached hydrogens (primary N) is 1. The minimum absolute atomic E-state index is 0.156. The van der Waals surface area contributed by atoms with E-state index in [0.29, 0.717) is 6.04 Å². The van der Waals surface area contributed by atoms with Crippen LogP contribution in [0.15, 0.2) is 0 Å². The van der Waals surface area contributed by atoms with Crippen LogP contribution < -0.4 is 5.73 Å². The van der Waals surface area contributed by atoms with Gasteiger partial charge in [-0.15, -0.1) is 0 Å². The van der Waals surface area contributed by atoms with Crippen molar-refractivity contribution in [2.75, 3.05) is 27.2 Å². The first-order chi connectivity index (χ1) is 6.02. The predicted molar refractivity (Wildman–Crippen MR) is 52.3 cm³/mol. The van der Waals surface area contributed by atoms with Gasteiger partial charge >= 0.3 is 0 Å². The highest BCUT2D eigenvalue weighted by Gasteiger charge is 2.27. The molecule has 0 aromatic rings. The average Bonchev–Trinajstić information content (AvgIpc) is 2.49. The standard InChI is InChI=1S/C9H19N3O/c1-7(9(10)13)12(3)8-4-5-11(2)6-8/h7-8H,4-6H2,1-3H3,(H2,10,13). The normalized spacial score (nSPS) is 26.6. The molecule has 0 bridgehead atoms. The lowest BCUT2D eigenvalue weighted by Gasteiger charge is -2.28. The molecule has 1 aliphatic rings. The molecule has 1 rings (SSSR count). The maximum atomic E-state index is 10.9. The van der Waals surface area contributed by atoms with E-state index in [9.17, 15) is 4.79 Å². The molecule has 1 saturated heterocycles. The second-order valence-corrected chi connectivity index (χ2v) is 3.95. The third-order valence-corrected chi connectivity index (χ3v) is 2.97. The molecule has 2 N–H and O–H groups in total. The van der Waals surface area contributed by atoms with Gasteiger partial charge in [-0.05, 0) is 34.0 Å². The van der Waals surface area contributed by atoms with Crippen LogP contribution in [0.4, 0.5) is 0 Å². The van der Waals surface area contributed by atoms with Gasteiger partial charge in [0.1, 0.15) is 0 Å². The van der Waals surface area contributed by atoms with Crippen molar-refractivity contribution in [1.29, 1.82) is 0 Å². The Labute approximate surface area is 79.7 Å². The van der Waals surface area contributed by atoms with E-state index in [2.05, 4.69) is 16.8 Å². The molecule has 2 unspecified atom stereocenters. The van der Waals surface area contributed by atoms with E-state index < -0.39 is 0 Å². The molecular formula is C9H19N3O. The van der Waals surface area contributed by atoms with Gasteiger partial charge in [0.2, 0.25) is 5.91 Å². The predicted octanol–water partition coefficient (Wildman–Crippen LogP) is -0.504. The number of amides is 1. The molecule has 1 amide bonds. The lowest BCUT2D eigenvalue weighted by atomic mass is 10.2. The Bertz CT molecular complexity index is 195. The Morgan fingerprint density at radius 3 is 2.69 bits per heavy atom. The number of rotatable bonds is 3. The first-order valence-corrected chi connectivity index (χ1v) is 4.72. The summed E-state index contributed by atoms with van der Waals surface area (Å²) >= 11 is 0. The molecule has 0 aromatic carbocycles. The largest absolute Gasteiger partial charge is 0.368 e. The van der Waals surface area contributed by atoms with Crippen LogP contribution in [0, 0.1) is 0 Å². The summed E-state index contributed by atoms with van der Waals surface area (Å²) in [5.74, 6) is -0.239. The summed E-state index contributed by atoms with van der Waals surface area (Å²) in [6, 6.07) is 0.323. The van der Waals surface area contributed by atoms with Crippen LogP contribution in [0.5, 0.6) is 0 Å². The van der Waals surface area contributed by atoms with Gasteiger partial charge in [0.25, 0.3) is 0 Å². The second-order valence-electron chi connectivity index (χ2n) is 3.95. The van der Waals surface area contributed by atoms with E-state index in [-0.39, 0.29) is 11.9 Å². The Morgan fingerprint density at radius 2 is 2.31 bits per heavy atom. The molecule has 76 valence electrons. The first kappa shape index (κ1) is 10.5. The number of hydrogen-bond donors (Lipinski definition) is 1. The smallest absolute Gasteiger partial charge is 0.234 e. The zero-order chi connectivity index (χ0) is 10.0. The zero-order valence-corrected chi connectivity index (χ0v) is 8.66. The number of likely N-dealkylation sites (N-methyl/N-ethyl adjacent to an activating group) is 2. The van der Waals surface area contributed by atoms with E-state index in [1.54, 1.807) is 0 Å². The maximum absolute atomic E-state index is 10.9. The van der Waals surface area contributed by atoms with Crippen LogP contribution in [0.1, 0.15) is 13.3 Å². The zero-order valence-electron chi connectivity index (χ0n) is 8.66. The Balaban J connectivity index is 2.47. The number of nitrogens with zero attached hydrogens (tertiary/aromatic N) is 2. The molecule has 0 spiro atoms. The fraction of sp³-hybridized carbons (Fsp3) is 0.889. The van der Waals surface area contributed by atoms with Crippen LogP contribution in [0.2, 0.25) is 0 Å². The van der Waals surface area contributed by atoms with Crippen molar-refractivity contribution in [1.82, 2.24) is 9.80 Å². The highest BCUT2D eigenvalue weighted by Crippen LogP contribution is 2.14. The molecule has 1 aliphatic heterocycles. The van der Waals surface area contributed by atoms with Crippen molar-refractivity contribution >= 4 is 5.91 Å². The van der Waals surface area contributed by atoms with E-state index in [4.69, 9.17) is 5.73 Å². The van der Waals surface area contributed by atoms with Crippen LogP contribution in [0.25, 0.3) is 0 Å². The quantitative estimate of drug-likeness (QED) is 0.644. The minimum Gasteiger partial charge on any atom is -0.368 e. The number of carbonyl (C=O) groups is 1. The highest BCUT2D eigenvalue weighted by atomic mass is 16.1. The van der Waals surface area contributed by atoms with Gasteiger partial charge in [-0.2, -0.15) is 0 Å². The minimum atomic E-state index is -0.239. The summed E-state index contributed by atoms with van der Waals surface area (Å²) in [7, 11) is 4.07. The molecule has 0 radical (unpaired) electrons. The number of primary amides is 1. The van der Waals surface area contributed by atoms with Gasteiger partial charge in [0.05, 0.1) is 6.04 Å². The molecule has 0 saturated carbocycles. The van der Waals surface area contributed by atoms with Gasteiger partial charge in [-0.25, -0.2) is 0 Å². The monoisotopic (exact) mass is 185 g/mol. The number of hydrogen-bond acceptors (Lipinski definition) is 3. The SMILES string of the molecule is CC(C(N)=O)N(C)C1CCN(C)C1. The maximum Gasteiger partial charge on any atom is 0.234 e. The van der Waals surface area contributed by atoms with Crippen molar-refractivity contribution < 1.29 is 4.79 Å². The first-order valence-electron chi connectivity index (χ1n) is 4.72. The molecule has 2 atom stereocenters. The van der Waals surface area contributed by atoms with Crippen LogP contribution in [0.3, 0.4) is 0 Å². The molecule has 0 aliphatic carbocycles. The molecule has 1 heterocycles. The summed E-state index contributed by atoms with van der Waals surface area (Å²) in [6.07, 6.45) is 1.13. The fourth-order valence-electron chi connectivity index (χ4n) is 1.76. The lowest BCUT2D eigenvalue weighted by Crippen LogP contribution is -2.46.